The number of hydrogen-bond donors (Lipinski definition) is 1. The summed E-state index contributed by atoms with van der Waals surface area (Å²) in [6, 6.07) is 0. The van der Waals surface area contributed by atoms with Gasteiger partial charge in [0.15, 0.2) is 6.10 Å². The normalized spacial score (nSPS) is 12.0. The van der Waals surface area contributed by atoms with Crippen LogP contribution in [0.15, 0.2) is 0 Å². The first kappa shape index (κ1) is 42.9. The minimum atomic E-state index is -0.760. The molecule has 0 amide bonds. The number of unbranched alkanes of at least 4 members (excludes halogenated alkanes) is 28. The molecule has 0 aromatic heterocycles. The van der Waals surface area contributed by atoms with Crippen molar-refractivity contribution in [2.75, 3.05) is 13.2 Å². The lowest BCUT2D eigenvalue weighted by Gasteiger charge is -2.15. The number of aliphatic hydroxyl groups is 1. The minimum Gasteiger partial charge on any atom is -0.462 e. The summed E-state index contributed by atoms with van der Waals surface area (Å²) in [5.74, 6) is -0.576. The molecule has 0 fully saturated rings. The van der Waals surface area contributed by atoms with Crippen LogP contribution in [0.1, 0.15) is 219 Å². The second-order valence-electron chi connectivity index (χ2n) is 13.4. The highest BCUT2D eigenvalue weighted by Gasteiger charge is 2.16. The number of esters is 2. The third kappa shape index (κ3) is 33.8. The van der Waals surface area contributed by atoms with Gasteiger partial charge in [0.05, 0.1) is 6.61 Å². The van der Waals surface area contributed by atoms with Crippen LogP contribution in [0.3, 0.4) is 0 Å². The molecule has 0 spiro atoms. The van der Waals surface area contributed by atoms with Gasteiger partial charge >= 0.3 is 11.9 Å². The number of aliphatic hydroxyl groups excluding tert-OH is 1. The van der Waals surface area contributed by atoms with Gasteiger partial charge in [-0.1, -0.05) is 194 Å². The van der Waals surface area contributed by atoms with E-state index in [-0.39, 0.29) is 25.2 Å². The Bertz CT molecular complexity index is 593. The lowest BCUT2D eigenvalue weighted by molar-refractivity contribution is -0.161. The van der Waals surface area contributed by atoms with Crippen LogP contribution in [-0.2, 0) is 19.1 Å². The maximum Gasteiger partial charge on any atom is 0.306 e. The van der Waals surface area contributed by atoms with E-state index in [1.54, 1.807) is 0 Å². The standard InChI is InChI=1S/C39H76O5/c1-3-5-7-9-11-13-15-17-18-19-20-21-22-24-26-28-30-32-34-39(42)44-37(35-40)36-43-38(41)33-31-29-27-25-23-16-14-12-10-8-6-4-2/h37,40H,3-36H2,1-2H3/t37-/m0/s1. The van der Waals surface area contributed by atoms with Crippen LogP contribution in [0.2, 0.25) is 0 Å². The highest BCUT2D eigenvalue weighted by molar-refractivity contribution is 5.70. The molecule has 0 unspecified atom stereocenters. The van der Waals surface area contributed by atoms with Crippen LogP contribution in [0.4, 0.5) is 0 Å². The fourth-order valence-electron chi connectivity index (χ4n) is 5.91. The van der Waals surface area contributed by atoms with Gasteiger partial charge in [0.1, 0.15) is 6.61 Å². The minimum absolute atomic E-state index is 0.0571. The molecule has 0 rings (SSSR count). The highest BCUT2D eigenvalue weighted by atomic mass is 16.6. The summed E-state index contributed by atoms with van der Waals surface area (Å²) in [6.07, 6.45) is 38.8. The van der Waals surface area contributed by atoms with Crippen LogP contribution in [0.25, 0.3) is 0 Å². The summed E-state index contributed by atoms with van der Waals surface area (Å²) < 4.78 is 10.6. The Labute approximate surface area is 274 Å². The molecular weight excluding hydrogens is 548 g/mol. The van der Waals surface area contributed by atoms with Gasteiger partial charge in [0.25, 0.3) is 0 Å². The van der Waals surface area contributed by atoms with Gasteiger partial charge in [-0.25, -0.2) is 0 Å². The molecule has 1 N–H and O–H groups in total. The Morgan fingerprint density at radius 3 is 1.00 bits per heavy atom. The maximum atomic E-state index is 12.2. The molecule has 0 saturated heterocycles. The quantitative estimate of drug-likeness (QED) is 0.0554. The van der Waals surface area contributed by atoms with Crippen LogP contribution < -0.4 is 0 Å². The van der Waals surface area contributed by atoms with Crippen LogP contribution in [0.5, 0.6) is 0 Å². The number of rotatable bonds is 36. The average Bonchev–Trinajstić information content (AvgIpc) is 3.02. The highest BCUT2D eigenvalue weighted by Crippen LogP contribution is 2.16. The molecule has 44 heavy (non-hydrogen) atoms. The second kappa shape index (κ2) is 36.4. The molecule has 0 aromatic carbocycles. The van der Waals surface area contributed by atoms with E-state index in [1.165, 1.54) is 161 Å². The zero-order chi connectivity index (χ0) is 32.2. The molecule has 0 heterocycles. The zero-order valence-electron chi connectivity index (χ0n) is 29.7. The third-order valence-corrected chi connectivity index (χ3v) is 8.90. The van der Waals surface area contributed by atoms with Gasteiger partial charge in [-0.15, -0.1) is 0 Å². The molecule has 5 nitrogen and oxygen atoms in total. The lowest BCUT2D eigenvalue weighted by atomic mass is 10.0. The molecule has 0 aliphatic carbocycles. The smallest absolute Gasteiger partial charge is 0.306 e. The number of ether oxygens (including phenoxy) is 2. The third-order valence-electron chi connectivity index (χ3n) is 8.90. The van der Waals surface area contributed by atoms with Crippen molar-refractivity contribution in [3.8, 4) is 0 Å². The van der Waals surface area contributed by atoms with E-state index in [4.69, 9.17) is 9.47 Å². The Kier molecular flexibility index (Phi) is 35.5. The van der Waals surface area contributed by atoms with E-state index in [0.717, 1.165) is 32.1 Å². The van der Waals surface area contributed by atoms with E-state index in [9.17, 15) is 14.7 Å². The summed E-state index contributed by atoms with van der Waals surface area (Å²) in [7, 11) is 0. The maximum absolute atomic E-state index is 12.2. The Balaban J connectivity index is 3.48. The van der Waals surface area contributed by atoms with E-state index in [0.29, 0.717) is 12.8 Å². The summed E-state index contributed by atoms with van der Waals surface area (Å²) in [5.41, 5.74) is 0. The molecule has 0 aliphatic rings. The lowest BCUT2D eigenvalue weighted by Crippen LogP contribution is -2.28. The molecular formula is C39H76O5. The van der Waals surface area contributed by atoms with E-state index >= 15 is 0 Å². The molecule has 1 atom stereocenters. The predicted molar refractivity (Wildman–Crippen MR) is 187 cm³/mol. The fourth-order valence-corrected chi connectivity index (χ4v) is 5.91. The van der Waals surface area contributed by atoms with Gasteiger partial charge in [-0.05, 0) is 12.8 Å². The zero-order valence-corrected chi connectivity index (χ0v) is 29.7. The molecule has 262 valence electrons. The first-order valence-electron chi connectivity index (χ1n) is 19.6. The van der Waals surface area contributed by atoms with Crippen LogP contribution >= 0.6 is 0 Å². The Hall–Kier alpha value is -1.10. The van der Waals surface area contributed by atoms with Gasteiger partial charge in [0, 0.05) is 12.8 Å². The topological polar surface area (TPSA) is 72.8 Å². The summed E-state index contributed by atoms with van der Waals surface area (Å²) in [6.45, 7) is 4.16. The van der Waals surface area contributed by atoms with Gasteiger partial charge in [-0.2, -0.15) is 0 Å². The first-order valence-corrected chi connectivity index (χ1v) is 19.6. The van der Waals surface area contributed by atoms with Crippen molar-refractivity contribution in [2.24, 2.45) is 0 Å². The SMILES string of the molecule is CCCCCCCCCCCCCCCCCCCCC(=O)O[C@@H](CO)COC(=O)CCCCCCCCCCCCCC. The molecule has 0 radical (unpaired) electrons. The number of carbonyl (C=O) groups is 2. The van der Waals surface area contributed by atoms with Gasteiger partial charge < -0.3 is 14.6 Å². The van der Waals surface area contributed by atoms with E-state index in [1.807, 2.05) is 0 Å². The van der Waals surface area contributed by atoms with E-state index < -0.39 is 6.10 Å². The summed E-state index contributed by atoms with van der Waals surface area (Å²) in [4.78, 5) is 24.2. The van der Waals surface area contributed by atoms with Crippen molar-refractivity contribution in [3.63, 3.8) is 0 Å². The first-order chi connectivity index (χ1) is 21.6. The Morgan fingerprint density at radius 2 is 0.705 bits per heavy atom. The van der Waals surface area contributed by atoms with Crippen molar-refractivity contribution in [3.05, 3.63) is 0 Å². The number of hydrogen-bond acceptors (Lipinski definition) is 5. The molecule has 0 aliphatic heterocycles. The fraction of sp³-hybridized carbons (Fsp3) is 0.949. The van der Waals surface area contributed by atoms with Crippen molar-refractivity contribution in [2.45, 2.75) is 225 Å². The second-order valence-corrected chi connectivity index (χ2v) is 13.4. The summed E-state index contributed by atoms with van der Waals surface area (Å²) in [5, 5.41) is 9.54. The monoisotopic (exact) mass is 625 g/mol. The molecule has 0 bridgehead atoms. The summed E-state index contributed by atoms with van der Waals surface area (Å²) >= 11 is 0. The van der Waals surface area contributed by atoms with Crippen molar-refractivity contribution in [1.82, 2.24) is 0 Å². The Morgan fingerprint density at radius 1 is 0.432 bits per heavy atom. The molecule has 0 saturated carbocycles. The largest absolute Gasteiger partial charge is 0.462 e. The van der Waals surface area contributed by atoms with E-state index in [2.05, 4.69) is 13.8 Å². The van der Waals surface area contributed by atoms with Crippen LogP contribution in [-0.4, -0.2) is 36.4 Å². The average molecular weight is 625 g/mol. The van der Waals surface area contributed by atoms with Crippen molar-refractivity contribution >= 4 is 11.9 Å². The predicted octanol–water partition coefficient (Wildman–Crippen LogP) is 12.0. The molecule has 5 heteroatoms. The van der Waals surface area contributed by atoms with Crippen molar-refractivity contribution < 1.29 is 24.2 Å². The number of carbonyl (C=O) groups excluding carboxylic acids is 2. The van der Waals surface area contributed by atoms with Gasteiger partial charge in [0.2, 0.25) is 0 Å². The van der Waals surface area contributed by atoms with Crippen molar-refractivity contribution in [1.29, 1.82) is 0 Å². The molecule has 0 aromatic rings. The van der Waals surface area contributed by atoms with Gasteiger partial charge in [-0.3, -0.25) is 9.59 Å². The van der Waals surface area contributed by atoms with Crippen LogP contribution in [0, 0.1) is 0 Å².